The summed E-state index contributed by atoms with van der Waals surface area (Å²) in [5.74, 6) is 0. The monoisotopic (exact) mass is 311 g/mol. The fraction of sp³-hybridized carbons (Fsp3) is 0. The molecule has 0 aliphatic heterocycles. The molecule has 0 atom stereocenters. The van der Waals surface area contributed by atoms with Crippen molar-refractivity contribution in [1.29, 1.82) is 0 Å². The van der Waals surface area contributed by atoms with Gasteiger partial charge in [-0.1, -0.05) is 42.5 Å². The van der Waals surface area contributed by atoms with Crippen molar-refractivity contribution >= 4 is 23.0 Å². The van der Waals surface area contributed by atoms with Crippen molar-refractivity contribution in [3.8, 4) is 0 Å². The molecule has 1 aromatic heterocycles. The van der Waals surface area contributed by atoms with Gasteiger partial charge >= 0.3 is 0 Å². The van der Waals surface area contributed by atoms with Crippen LogP contribution in [0.5, 0.6) is 0 Å². The van der Waals surface area contributed by atoms with Crippen LogP contribution in [0.15, 0.2) is 73.1 Å². The second kappa shape index (κ2) is 6.30. The molecule has 0 saturated carbocycles. The molecule has 0 unspecified atom stereocenters. The van der Waals surface area contributed by atoms with Gasteiger partial charge < -0.3 is 17.0 Å². The van der Waals surface area contributed by atoms with Crippen molar-refractivity contribution in [3.05, 3.63) is 78.6 Å². The molecule has 0 amide bonds. The molecule has 3 aromatic rings. The zero-order valence-corrected chi connectivity index (χ0v) is 12.0. The zero-order chi connectivity index (χ0) is 12.2. The minimum Gasteiger partial charge on any atom is -1.00 e. The van der Waals surface area contributed by atoms with Gasteiger partial charge in [-0.05, 0) is 22.4 Å². The first-order valence-corrected chi connectivity index (χ1v) is 6.05. The predicted molar refractivity (Wildman–Crippen MR) is 75.8 cm³/mol. The van der Waals surface area contributed by atoms with Crippen LogP contribution in [0.25, 0.3) is 23.0 Å². The molecule has 0 aliphatic rings. The van der Waals surface area contributed by atoms with Gasteiger partial charge in [0.05, 0.1) is 0 Å². The Kier molecular flexibility index (Phi) is 4.48. The third-order valence-corrected chi connectivity index (χ3v) is 2.95. The Balaban J connectivity index is 0.00000133. The Bertz CT molecular complexity index is 690. The minimum absolute atomic E-state index is 0. The zero-order valence-electron chi connectivity index (χ0n) is 10.4. The van der Waals surface area contributed by atoms with Gasteiger partial charge in [-0.15, -0.1) is 0 Å². The molecule has 0 N–H and O–H groups in total. The lowest BCUT2D eigenvalue weighted by Gasteiger charge is -1.98. The second-order valence-electron chi connectivity index (χ2n) is 4.25. The van der Waals surface area contributed by atoms with Crippen molar-refractivity contribution in [2.45, 2.75) is 0 Å². The van der Waals surface area contributed by atoms with E-state index in [1.807, 2.05) is 35.2 Å². The molecule has 94 valence electrons. The highest BCUT2D eigenvalue weighted by atomic mass is 79.9. The van der Waals surface area contributed by atoms with E-state index in [2.05, 4.69) is 54.7 Å². The summed E-state index contributed by atoms with van der Waals surface area (Å²) in [5, 5.41) is 2.56. The molecular weight excluding hydrogens is 298 g/mol. The number of benzene rings is 2. The molecular formula is C17H14BrN. The fourth-order valence-corrected chi connectivity index (χ4v) is 1.99. The van der Waals surface area contributed by atoms with Gasteiger partial charge in [0, 0.05) is 18.2 Å². The maximum Gasteiger partial charge on any atom is 0.175 e. The van der Waals surface area contributed by atoms with Crippen LogP contribution < -0.4 is 21.5 Å². The first kappa shape index (κ1) is 13.5. The number of halogens is 1. The van der Waals surface area contributed by atoms with E-state index in [4.69, 9.17) is 0 Å². The van der Waals surface area contributed by atoms with Gasteiger partial charge in [0.15, 0.2) is 18.6 Å². The topological polar surface area (TPSA) is 3.88 Å². The Morgan fingerprint density at radius 2 is 1.47 bits per heavy atom. The average Bonchev–Trinajstić information content (AvgIpc) is 2.46. The highest BCUT2D eigenvalue weighted by Crippen LogP contribution is 2.16. The van der Waals surface area contributed by atoms with Crippen LogP contribution in [-0.2, 0) is 0 Å². The van der Waals surface area contributed by atoms with Gasteiger partial charge in [0.2, 0.25) is 0 Å². The summed E-state index contributed by atoms with van der Waals surface area (Å²) in [6, 6.07) is 21.0. The largest absolute Gasteiger partial charge is 1.00 e. The van der Waals surface area contributed by atoms with Gasteiger partial charge in [0.1, 0.15) is 0 Å². The normalized spacial score (nSPS) is 10.5. The summed E-state index contributed by atoms with van der Waals surface area (Å²) in [6.45, 7) is 0. The summed E-state index contributed by atoms with van der Waals surface area (Å²) in [4.78, 5) is 0. The van der Waals surface area contributed by atoms with Crippen LogP contribution in [0.2, 0.25) is 0 Å². The van der Waals surface area contributed by atoms with Crippen LogP contribution in [0.3, 0.4) is 0 Å². The third-order valence-electron chi connectivity index (χ3n) is 2.95. The van der Waals surface area contributed by atoms with Crippen molar-refractivity contribution < 1.29 is 21.5 Å². The van der Waals surface area contributed by atoms with Gasteiger partial charge in [-0.3, -0.25) is 0 Å². The summed E-state index contributed by atoms with van der Waals surface area (Å²) in [6.07, 6.45) is 8.23. The maximum atomic E-state index is 2.20. The van der Waals surface area contributed by atoms with Crippen molar-refractivity contribution in [1.82, 2.24) is 0 Å². The molecule has 0 saturated heterocycles. The van der Waals surface area contributed by atoms with E-state index in [-0.39, 0.29) is 17.0 Å². The number of hydrogen-bond donors (Lipinski definition) is 0. The smallest absolute Gasteiger partial charge is 0.175 e. The summed E-state index contributed by atoms with van der Waals surface area (Å²) >= 11 is 0. The molecule has 3 rings (SSSR count). The lowest BCUT2D eigenvalue weighted by Crippen LogP contribution is -3.00. The fourth-order valence-electron chi connectivity index (χ4n) is 1.99. The Morgan fingerprint density at radius 3 is 2.26 bits per heavy atom. The number of pyridine rings is 1. The van der Waals surface area contributed by atoms with Crippen LogP contribution in [-0.4, -0.2) is 0 Å². The molecule has 0 aliphatic carbocycles. The highest BCUT2D eigenvalue weighted by molar-refractivity contribution is 5.85. The summed E-state index contributed by atoms with van der Waals surface area (Å²) in [5.41, 5.74) is 1.21. The predicted octanol–water partition coefficient (Wildman–Crippen LogP) is 0.759. The molecule has 2 aromatic carbocycles. The van der Waals surface area contributed by atoms with Crippen molar-refractivity contribution in [2.24, 2.45) is 0 Å². The van der Waals surface area contributed by atoms with E-state index in [1.54, 1.807) is 0 Å². The average molecular weight is 312 g/mol. The Morgan fingerprint density at radius 1 is 0.737 bits per heavy atom. The molecule has 0 radical (unpaired) electrons. The maximum absolute atomic E-state index is 2.20. The van der Waals surface area contributed by atoms with E-state index in [1.165, 1.54) is 16.3 Å². The quantitative estimate of drug-likeness (QED) is 0.615. The van der Waals surface area contributed by atoms with E-state index in [0.717, 1.165) is 0 Å². The molecule has 19 heavy (non-hydrogen) atoms. The lowest BCUT2D eigenvalue weighted by atomic mass is 10.1. The van der Waals surface area contributed by atoms with Gasteiger partial charge in [-0.2, -0.15) is 4.57 Å². The van der Waals surface area contributed by atoms with E-state index in [0.29, 0.717) is 0 Å². The summed E-state index contributed by atoms with van der Waals surface area (Å²) < 4.78 is 2.04. The van der Waals surface area contributed by atoms with E-state index < -0.39 is 0 Å². The highest BCUT2D eigenvalue weighted by Gasteiger charge is 1.95. The van der Waals surface area contributed by atoms with Crippen LogP contribution in [0.1, 0.15) is 5.56 Å². The first-order valence-electron chi connectivity index (χ1n) is 6.05. The molecule has 0 spiro atoms. The van der Waals surface area contributed by atoms with Crippen molar-refractivity contribution in [3.63, 3.8) is 0 Å². The molecule has 1 nitrogen and oxygen atoms in total. The molecule has 2 heteroatoms. The molecule has 1 heterocycles. The van der Waals surface area contributed by atoms with Crippen molar-refractivity contribution in [2.75, 3.05) is 0 Å². The number of aromatic nitrogens is 1. The lowest BCUT2D eigenvalue weighted by molar-refractivity contribution is -0.567. The van der Waals surface area contributed by atoms with E-state index in [9.17, 15) is 0 Å². The van der Waals surface area contributed by atoms with Gasteiger partial charge in [0.25, 0.3) is 0 Å². The van der Waals surface area contributed by atoms with Gasteiger partial charge in [-0.25, -0.2) is 0 Å². The molecule has 0 bridgehead atoms. The third kappa shape index (κ3) is 3.30. The SMILES string of the molecule is C(=C\[n+]1ccccc1)/c1ccc2ccccc2c1.[Br-]. The summed E-state index contributed by atoms with van der Waals surface area (Å²) in [7, 11) is 0. The van der Waals surface area contributed by atoms with Crippen LogP contribution >= 0.6 is 0 Å². The number of rotatable bonds is 2. The first-order chi connectivity index (χ1) is 8.92. The number of nitrogens with zero attached hydrogens (tertiary/aromatic N) is 1. The minimum atomic E-state index is 0. The molecule has 0 fully saturated rings. The van der Waals surface area contributed by atoms with Crippen LogP contribution in [0.4, 0.5) is 0 Å². The van der Waals surface area contributed by atoms with E-state index >= 15 is 0 Å². The second-order valence-corrected chi connectivity index (χ2v) is 4.25. The number of fused-ring (bicyclic) bond motifs is 1. The van der Waals surface area contributed by atoms with Crippen LogP contribution in [0, 0.1) is 0 Å². The Hall–Kier alpha value is -1.93. The Labute approximate surface area is 123 Å². The standard InChI is InChI=1S/C17H14N.BrH/c1-4-11-18(12-5-1)13-10-15-8-9-16-6-2-3-7-17(16)14-15;/h1-14H;1H/q+1;/p-1/b13-10+;. The number of hydrogen-bond acceptors (Lipinski definition) is 0.